The molecular formula is C13H10F4N2. The van der Waals surface area contributed by atoms with Crippen molar-refractivity contribution >= 4 is 5.69 Å². The molecule has 2 rings (SSSR count). The molecule has 0 atom stereocenters. The summed E-state index contributed by atoms with van der Waals surface area (Å²) in [5, 5.41) is 2.74. The van der Waals surface area contributed by atoms with Gasteiger partial charge in [0.25, 0.3) is 0 Å². The van der Waals surface area contributed by atoms with Crippen LogP contribution >= 0.6 is 0 Å². The molecule has 0 spiro atoms. The topological polar surface area (TPSA) is 24.9 Å². The van der Waals surface area contributed by atoms with Gasteiger partial charge in [0.15, 0.2) is 0 Å². The zero-order valence-electron chi connectivity index (χ0n) is 9.71. The lowest BCUT2D eigenvalue weighted by Gasteiger charge is -2.11. The van der Waals surface area contributed by atoms with E-state index in [2.05, 4.69) is 10.3 Å². The van der Waals surface area contributed by atoms with Crippen molar-refractivity contribution in [3.8, 4) is 0 Å². The van der Waals surface area contributed by atoms with Crippen molar-refractivity contribution in [2.75, 3.05) is 5.32 Å². The zero-order chi connectivity index (χ0) is 13.9. The lowest BCUT2D eigenvalue weighted by molar-refractivity contribution is -0.137. The number of halogens is 4. The van der Waals surface area contributed by atoms with Crippen molar-refractivity contribution in [1.82, 2.24) is 4.98 Å². The average molecular weight is 270 g/mol. The molecule has 0 aliphatic carbocycles. The normalized spacial score (nSPS) is 11.4. The number of alkyl halides is 3. The van der Waals surface area contributed by atoms with Crippen LogP contribution in [0.3, 0.4) is 0 Å². The maximum atomic E-state index is 13.5. The summed E-state index contributed by atoms with van der Waals surface area (Å²) >= 11 is 0. The minimum atomic E-state index is -4.54. The highest BCUT2D eigenvalue weighted by Crippen LogP contribution is 2.31. The number of anilines is 1. The number of hydrogen-bond donors (Lipinski definition) is 1. The third kappa shape index (κ3) is 3.43. The van der Waals surface area contributed by atoms with E-state index in [0.29, 0.717) is 12.6 Å². The van der Waals surface area contributed by atoms with Gasteiger partial charge in [0, 0.05) is 18.9 Å². The van der Waals surface area contributed by atoms with Crippen molar-refractivity contribution in [2.45, 2.75) is 12.7 Å². The van der Waals surface area contributed by atoms with Crippen LogP contribution in [-0.4, -0.2) is 4.98 Å². The maximum absolute atomic E-state index is 13.5. The third-order valence-corrected chi connectivity index (χ3v) is 2.53. The fraction of sp³-hybridized carbons (Fsp3) is 0.154. The summed E-state index contributed by atoms with van der Waals surface area (Å²) in [5.41, 5.74) is -0.112. The van der Waals surface area contributed by atoms with Crippen LogP contribution in [0.4, 0.5) is 23.2 Å². The number of hydrogen-bond acceptors (Lipinski definition) is 2. The van der Waals surface area contributed by atoms with Gasteiger partial charge in [0.2, 0.25) is 0 Å². The van der Waals surface area contributed by atoms with E-state index >= 15 is 0 Å². The van der Waals surface area contributed by atoms with E-state index in [0.717, 1.165) is 17.7 Å². The quantitative estimate of drug-likeness (QED) is 0.857. The lowest BCUT2D eigenvalue weighted by Crippen LogP contribution is -2.07. The predicted molar refractivity (Wildman–Crippen MR) is 63.0 cm³/mol. The summed E-state index contributed by atoms with van der Waals surface area (Å²) in [6.07, 6.45) is -1.37. The Balaban J connectivity index is 2.10. The second kappa shape index (κ2) is 5.26. The van der Waals surface area contributed by atoms with E-state index < -0.39 is 17.6 Å². The molecule has 0 aliphatic heterocycles. The Morgan fingerprint density at radius 1 is 1.05 bits per heavy atom. The molecule has 19 heavy (non-hydrogen) atoms. The molecule has 6 heteroatoms. The average Bonchev–Trinajstić information content (AvgIpc) is 2.37. The van der Waals surface area contributed by atoms with E-state index in [1.165, 1.54) is 0 Å². The summed E-state index contributed by atoms with van der Waals surface area (Å²) in [6.45, 7) is 0.310. The van der Waals surface area contributed by atoms with Gasteiger partial charge in [-0.3, -0.25) is 4.98 Å². The smallest absolute Gasteiger partial charge is 0.379 e. The molecule has 1 aromatic heterocycles. The van der Waals surface area contributed by atoms with Gasteiger partial charge in [-0.25, -0.2) is 4.39 Å². The molecule has 0 aliphatic rings. The third-order valence-electron chi connectivity index (χ3n) is 2.53. The Morgan fingerprint density at radius 2 is 1.74 bits per heavy atom. The van der Waals surface area contributed by atoms with E-state index in [1.54, 1.807) is 24.5 Å². The molecule has 100 valence electrons. The number of pyridine rings is 1. The van der Waals surface area contributed by atoms with Crippen molar-refractivity contribution in [3.63, 3.8) is 0 Å². The van der Waals surface area contributed by atoms with Crippen LogP contribution in [0, 0.1) is 5.82 Å². The van der Waals surface area contributed by atoms with Gasteiger partial charge >= 0.3 is 6.18 Å². The van der Waals surface area contributed by atoms with Crippen molar-refractivity contribution in [2.24, 2.45) is 0 Å². The van der Waals surface area contributed by atoms with Crippen molar-refractivity contribution < 1.29 is 17.6 Å². The molecule has 0 fully saturated rings. The van der Waals surface area contributed by atoms with Gasteiger partial charge in [0.1, 0.15) is 5.82 Å². The molecule has 0 radical (unpaired) electrons. The largest absolute Gasteiger partial charge is 0.416 e. The first-order valence-corrected chi connectivity index (χ1v) is 5.46. The first kappa shape index (κ1) is 13.3. The van der Waals surface area contributed by atoms with Crippen LogP contribution in [0.1, 0.15) is 11.1 Å². The number of rotatable bonds is 3. The van der Waals surface area contributed by atoms with Gasteiger partial charge in [-0.1, -0.05) is 0 Å². The monoisotopic (exact) mass is 270 g/mol. The first-order chi connectivity index (χ1) is 8.97. The fourth-order valence-corrected chi connectivity index (χ4v) is 1.53. The highest BCUT2D eigenvalue weighted by molar-refractivity contribution is 5.47. The second-order valence-corrected chi connectivity index (χ2v) is 3.90. The first-order valence-electron chi connectivity index (χ1n) is 5.46. The van der Waals surface area contributed by atoms with E-state index in [1.807, 2.05) is 0 Å². The van der Waals surface area contributed by atoms with E-state index in [9.17, 15) is 17.6 Å². The maximum Gasteiger partial charge on any atom is 0.416 e. The molecule has 0 saturated carbocycles. The van der Waals surface area contributed by atoms with Crippen LogP contribution in [0.2, 0.25) is 0 Å². The highest BCUT2D eigenvalue weighted by atomic mass is 19.4. The molecule has 0 bridgehead atoms. The van der Waals surface area contributed by atoms with Gasteiger partial charge in [-0.05, 0) is 35.9 Å². The Morgan fingerprint density at radius 3 is 2.32 bits per heavy atom. The van der Waals surface area contributed by atoms with Crippen LogP contribution in [-0.2, 0) is 12.7 Å². The second-order valence-electron chi connectivity index (χ2n) is 3.90. The molecule has 0 unspecified atom stereocenters. The van der Waals surface area contributed by atoms with Crippen molar-refractivity contribution in [3.05, 3.63) is 59.7 Å². The van der Waals surface area contributed by atoms with Crippen LogP contribution in [0.25, 0.3) is 0 Å². The van der Waals surface area contributed by atoms with Crippen LogP contribution in [0.5, 0.6) is 0 Å². The predicted octanol–water partition coefficient (Wildman–Crippen LogP) is 3.85. The van der Waals surface area contributed by atoms with E-state index in [4.69, 9.17) is 0 Å². The fourth-order valence-electron chi connectivity index (χ4n) is 1.53. The van der Waals surface area contributed by atoms with E-state index in [-0.39, 0.29) is 5.69 Å². The number of aromatic nitrogens is 1. The summed E-state index contributed by atoms with van der Waals surface area (Å²) in [6, 6.07) is 5.87. The lowest BCUT2D eigenvalue weighted by atomic mass is 10.2. The Kier molecular flexibility index (Phi) is 3.69. The van der Waals surface area contributed by atoms with Crippen LogP contribution in [0.15, 0.2) is 42.7 Å². The summed E-state index contributed by atoms with van der Waals surface area (Å²) in [5.74, 6) is -0.927. The SMILES string of the molecule is Fc1cc(C(F)(F)F)ccc1NCc1ccncc1. The summed E-state index contributed by atoms with van der Waals surface area (Å²) in [4.78, 5) is 3.83. The molecule has 1 aromatic carbocycles. The van der Waals surface area contributed by atoms with Crippen LogP contribution < -0.4 is 5.32 Å². The number of benzene rings is 1. The standard InChI is InChI=1S/C13H10F4N2/c14-11-7-10(13(15,16)17)1-2-12(11)19-8-9-3-5-18-6-4-9/h1-7,19H,8H2. The molecular weight excluding hydrogens is 260 g/mol. The molecule has 1 N–H and O–H groups in total. The molecule has 0 saturated heterocycles. The highest BCUT2D eigenvalue weighted by Gasteiger charge is 2.31. The zero-order valence-corrected chi connectivity index (χ0v) is 9.71. The van der Waals surface area contributed by atoms with Gasteiger partial charge in [-0.15, -0.1) is 0 Å². The molecule has 1 heterocycles. The van der Waals surface area contributed by atoms with Gasteiger partial charge < -0.3 is 5.32 Å². The number of nitrogens with one attached hydrogen (secondary N) is 1. The molecule has 2 aromatic rings. The van der Waals surface area contributed by atoms with Gasteiger partial charge in [0.05, 0.1) is 11.3 Å². The minimum Gasteiger partial charge on any atom is -0.379 e. The summed E-state index contributed by atoms with van der Waals surface area (Å²) in [7, 11) is 0. The molecule has 2 nitrogen and oxygen atoms in total. The minimum absolute atomic E-state index is 0.0322. The Hall–Kier alpha value is -2.11. The molecule has 0 amide bonds. The Labute approximate surface area is 107 Å². The summed E-state index contributed by atoms with van der Waals surface area (Å²) < 4.78 is 50.6. The van der Waals surface area contributed by atoms with Gasteiger partial charge in [-0.2, -0.15) is 13.2 Å². The number of nitrogens with zero attached hydrogens (tertiary/aromatic N) is 1. The Bertz CT molecular complexity index is 552. The van der Waals surface area contributed by atoms with Crippen molar-refractivity contribution in [1.29, 1.82) is 0 Å².